The van der Waals surface area contributed by atoms with Crippen LogP contribution in [-0.4, -0.2) is 59.0 Å². The summed E-state index contributed by atoms with van der Waals surface area (Å²) in [7, 11) is 1.65. The highest BCUT2D eigenvalue weighted by Crippen LogP contribution is 2.23. The van der Waals surface area contributed by atoms with Crippen molar-refractivity contribution in [3.8, 4) is 5.75 Å². The minimum Gasteiger partial charge on any atom is -0.497 e. The molecule has 0 unspecified atom stereocenters. The van der Waals surface area contributed by atoms with Gasteiger partial charge in [0, 0.05) is 43.6 Å². The number of nitrogens with zero attached hydrogens (tertiary/aromatic N) is 5. The van der Waals surface area contributed by atoms with E-state index >= 15 is 0 Å². The van der Waals surface area contributed by atoms with Gasteiger partial charge in [0.25, 0.3) is 5.91 Å². The molecule has 0 bridgehead atoms. The number of thiazole rings is 1. The van der Waals surface area contributed by atoms with E-state index in [-0.39, 0.29) is 5.91 Å². The number of methoxy groups -OCH3 is 1. The lowest BCUT2D eigenvalue weighted by Crippen LogP contribution is -2.49. The number of anilines is 3. The summed E-state index contributed by atoms with van der Waals surface area (Å²) in [5.74, 6) is 2.28. The highest BCUT2D eigenvalue weighted by atomic mass is 32.1. The smallest absolute Gasteiger partial charge is 0.265 e. The second kappa shape index (κ2) is 8.89. The third-order valence-corrected chi connectivity index (χ3v) is 6.21. The van der Waals surface area contributed by atoms with Gasteiger partial charge in [0.2, 0.25) is 5.95 Å². The summed E-state index contributed by atoms with van der Waals surface area (Å²) in [4.78, 5) is 31.3. The zero-order valence-corrected chi connectivity index (χ0v) is 19.0. The van der Waals surface area contributed by atoms with Gasteiger partial charge in [0.05, 0.1) is 17.8 Å². The normalized spacial score (nSPS) is 13.9. The predicted octanol–water partition coefficient (Wildman–Crippen LogP) is 3.57. The first-order valence-corrected chi connectivity index (χ1v) is 11.0. The number of carbonyl (C=O) groups excluding carboxylic acids is 1. The fourth-order valence-corrected chi connectivity index (χ4v) is 4.45. The Hall–Kier alpha value is -3.20. The van der Waals surface area contributed by atoms with Gasteiger partial charge >= 0.3 is 0 Å². The molecule has 2 aromatic heterocycles. The topological polar surface area (TPSA) is 83.5 Å². The molecule has 162 valence electrons. The summed E-state index contributed by atoms with van der Waals surface area (Å²) in [6.07, 6.45) is 0. The van der Waals surface area contributed by atoms with E-state index in [1.54, 1.807) is 7.11 Å². The number of hydrogen-bond donors (Lipinski definition) is 1. The van der Waals surface area contributed by atoms with Crippen LogP contribution in [0.5, 0.6) is 5.75 Å². The zero-order valence-electron chi connectivity index (χ0n) is 18.2. The van der Waals surface area contributed by atoms with E-state index in [0.717, 1.165) is 38.5 Å². The van der Waals surface area contributed by atoms with Crippen LogP contribution in [0.15, 0.2) is 30.3 Å². The Morgan fingerprint density at radius 1 is 1.03 bits per heavy atom. The lowest BCUT2D eigenvalue weighted by molar-refractivity contribution is 0.0750. The molecule has 1 aliphatic rings. The fourth-order valence-electron chi connectivity index (χ4n) is 3.56. The lowest BCUT2D eigenvalue weighted by atomic mass is 10.2. The van der Waals surface area contributed by atoms with Gasteiger partial charge in [-0.15, -0.1) is 11.3 Å². The second-order valence-corrected chi connectivity index (χ2v) is 8.68. The third-order valence-electron chi connectivity index (χ3n) is 5.15. The van der Waals surface area contributed by atoms with E-state index in [4.69, 9.17) is 9.72 Å². The molecule has 3 heterocycles. The van der Waals surface area contributed by atoms with Gasteiger partial charge in [-0.2, -0.15) is 4.98 Å². The van der Waals surface area contributed by atoms with Crippen molar-refractivity contribution in [3.05, 3.63) is 51.6 Å². The van der Waals surface area contributed by atoms with Crippen LogP contribution in [-0.2, 0) is 0 Å². The highest BCUT2D eigenvalue weighted by molar-refractivity contribution is 7.13. The van der Waals surface area contributed by atoms with Crippen molar-refractivity contribution in [2.75, 3.05) is 43.5 Å². The molecule has 1 amide bonds. The summed E-state index contributed by atoms with van der Waals surface area (Å²) >= 11 is 1.46. The number of amides is 1. The summed E-state index contributed by atoms with van der Waals surface area (Å²) in [5.41, 5.74) is 2.62. The SMILES string of the molecule is COc1ccc(Nc2cc(C)nc(N3CCN(C(=O)c4sc(C)nc4C)CC3)n2)cc1. The van der Waals surface area contributed by atoms with E-state index in [0.29, 0.717) is 32.1 Å². The standard InChI is InChI=1S/C22H26N6O2S/c1-14-13-19(25-17-5-7-18(30-4)8-6-17)26-22(23-14)28-11-9-27(10-12-28)21(29)20-15(2)24-16(3)31-20/h5-8,13H,9-12H2,1-4H3,(H,23,25,26). The number of benzene rings is 1. The van der Waals surface area contributed by atoms with Gasteiger partial charge < -0.3 is 19.9 Å². The molecular weight excluding hydrogens is 412 g/mol. The first-order chi connectivity index (χ1) is 14.9. The minimum atomic E-state index is 0.0646. The largest absolute Gasteiger partial charge is 0.497 e. The molecule has 1 aromatic carbocycles. The molecule has 1 aliphatic heterocycles. The number of aryl methyl sites for hydroxylation is 3. The molecule has 31 heavy (non-hydrogen) atoms. The summed E-state index contributed by atoms with van der Waals surface area (Å²) in [5, 5.41) is 4.25. The average Bonchev–Trinajstić information content (AvgIpc) is 3.11. The Morgan fingerprint density at radius 3 is 2.35 bits per heavy atom. The van der Waals surface area contributed by atoms with Crippen molar-refractivity contribution in [2.45, 2.75) is 20.8 Å². The first-order valence-electron chi connectivity index (χ1n) is 10.2. The molecule has 0 atom stereocenters. The predicted molar refractivity (Wildman–Crippen MR) is 123 cm³/mol. The molecule has 0 saturated carbocycles. The van der Waals surface area contributed by atoms with Crippen LogP contribution in [0.1, 0.15) is 26.1 Å². The minimum absolute atomic E-state index is 0.0646. The zero-order chi connectivity index (χ0) is 22.0. The number of rotatable bonds is 5. The van der Waals surface area contributed by atoms with Crippen LogP contribution in [0, 0.1) is 20.8 Å². The quantitative estimate of drug-likeness (QED) is 0.652. The third kappa shape index (κ3) is 4.77. The van der Waals surface area contributed by atoms with Crippen molar-refractivity contribution in [3.63, 3.8) is 0 Å². The van der Waals surface area contributed by atoms with Crippen molar-refractivity contribution in [1.29, 1.82) is 0 Å². The highest BCUT2D eigenvalue weighted by Gasteiger charge is 2.26. The van der Waals surface area contributed by atoms with E-state index in [9.17, 15) is 4.79 Å². The Kier molecular flexibility index (Phi) is 6.03. The maximum Gasteiger partial charge on any atom is 0.265 e. The number of ether oxygens (including phenoxy) is 1. The van der Waals surface area contributed by atoms with Crippen molar-refractivity contribution in [2.24, 2.45) is 0 Å². The van der Waals surface area contributed by atoms with Gasteiger partial charge in [0.15, 0.2) is 0 Å². The maximum atomic E-state index is 12.9. The van der Waals surface area contributed by atoms with Crippen LogP contribution >= 0.6 is 11.3 Å². The van der Waals surface area contributed by atoms with E-state index in [1.807, 2.05) is 56.0 Å². The Morgan fingerprint density at radius 2 is 1.74 bits per heavy atom. The fraction of sp³-hybridized carbons (Fsp3) is 0.364. The van der Waals surface area contributed by atoms with E-state index in [1.165, 1.54) is 11.3 Å². The number of hydrogen-bond acceptors (Lipinski definition) is 8. The molecule has 0 aliphatic carbocycles. The number of piperazine rings is 1. The van der Waals surface area contributed by atoms with Gasteiger partial charge in [-0.3, -0.25) is 4.79 Å². The van der Waals surface area contributed by atoms with Crippen LogP contribution in [0.3, 0.4) is 0 Å². The maximum absolute atomic E-state index is 12.9. The molecule has 9 heteroatoms. The first kappa shape index (κ1) is 21.0. The summed E-state index contributed by atoms with van der Waals surface area (Å²) in [6.45, 7) is 8.42. The number of aromatic nitrogens is 3. The van der Waals surface area contributed by atoms with Crippen LogP contribution in [0.2, 0.25) is 0 Å². The lowest BCUT2D eigenvalue weighted by Gasteiger charge is -2.34. The average molecular weight is 439 g/mol. The van der Waals surface area contributed by atoms with Crippen LogP contribution in [0.25, 0.3) is 0 Å². The van der Waals surface area contributed by atoms with Crippen molar-refractivity contribution in [1.82, 2.24) is 19.9 Å². The van der Waals surface area contributed by atoms with E-state index in [2.05, 4.69) is 20.2 Å². The molecule has 0 radical (unpaired) electrons. The van der Waals surface area contributed by atoms with Gasteiger partial charge in [0.1, 0.15) is 16.4 Å². The summed E-state index contributed by atoms with van der Waals surface area (Å²) < 4.78 is 5.21. The van der Waals surface area contributed by atoms with Crippen LogP contribution < -0.4 is 15.0 Å². The molecular formula is C22H26N6O2S. The second-order valence-electron chi connectivity index (χ2n) is 7.47. The monoisotopic (exact) mass is 438 g/mol. The number of carbonyl (C=O) groups is 1. The molecule has 8 nitrogen and oxygen atoms in total. The molecule has 1 fully saturated rings. The number of nitrogens with one attached hydrogen (secondary N) is 1. The van der Waals surface area contributed by atoms with Gasteiger partial charge in [-0.1, -0.05) is 0 Å². The van der Waals surface area contributed by atoms with Gasteiger partial charge in [-0.25, -0.2) is 9.97 Å². The van der Waals surface area contributed by atoms with Gasteiger partial charge in [-0.05, 0) is 45.0 Å². The molecule has 3 aromatic rings. The van der Waals surface area contributed by atoms with Crippen molar-refractivity contribution < 1.29 is 9.53 Å². The van der Waals surface area contributed by atoms with Crippen LogP contribution in [0.4, 0.5) is 17.5 Å². The molecule has 1 saturated heterocycles. The van der Waals surface area contributed by atoms with E-state index < -0.39 is 0 Å². The Labute approximate surface area is 185 Å². The molecule has 1 N–H and O–H groups in total. The summed E-state index contributed by atoms with van der Waals surface area (Å²) in [6, 6.07) is 9.62. The Bertz CT molecular complexity index is 1070. The molecule has 4 rings (SSSR count). The van der Waals surface area contributed by atoms with Crippen molar-refractivity contribution >= 4 is 34.7 Å². The Balaban J connectivity index is 1.43. The molecule has 0 spiro atoms.